The van der Waals surface area contributed by atoms with Gasteiger partial charge in [-0.3, -0.25) is 14.4 Å². The Morgan fingerprint density at radius 3 is 2.80 bits per heavy atom. The Bertz CT molecular complexity index is 1400. The average molecular weight is 475 g/mol. The first-order valence-corrected chi connectivity index (χ1v) is 11.6. The van der Waals surface area contributed by atoms with Gasteiger partial charge in [-0.25, -0.2) is 9.37 Å². The van der Waals surface area contributed by atoms with Crippen molar-refractivity contribution in [1.29, 1.82) is 0 Å². The lowest BCUT2D eigenvalue weighted by Crippen LogP contribution is -2.49. The standard InChI is InChI=1S/C26H27FN6O2/c1-16-11-20(35-3)12-18-8-10-29-25(24(16)18)33(19-5-4-9-28-14-19)26(34)21-7-6-17(13-22(21)27)23-15-32(2)31-30-23/h6-8,10-13,15,19,28H,4-5,9,14H2,1-3H3/t19-/m1/s1. The van der Waals surface area contributed by atoms with Gasteiger partial charge in [-0.15, -0.1) is 5.10 Å². The highest BCUT2D eigenvalue weighted by molar-refractivity contribution is 6.11. The van der Waals surface area contributed by atoms with E-state index in [1.165, 1.54) is 12.1 Å². The number of hydrogen-bond acceptors (Lipinski definition) is 6. The number of fused-ring (bicyclic) bond motifs is 1. The van der Waals surface area contributed by atoms with Gasteiger partial charge in [0.15, 0.2) is 0 Å². The number of amides is 1. The monoisotopic (exact) mass is 474 g/mol. The fraction of sp³-hybridized carbons (Fsp3) is 0.308. The van der Waals surface area contributed by atoms with Gasteiger partial charge < -0.3 is 10.1 Å². The van der Waals surface area contributed by atoms with Gasteiger partial charge in [-0.2, -0.15) is 0 Å². The van der Waals surface area contributed by atoms with Gasteiger partial charge in [0.2, 0.25) is 0 Å². The number of nitrogens with one attached hydrogen (secondary N) is 1. The van der Waals surface area contributed by atoms with Crippen LogP contribution in [0.5, 0.6) is 5.75 Å². The number of rotatable bonds is 5. The lowest BCUT2D eigenvalue weighted by Gasteiger charge is -2.35. The number of aryl methyl sites for hydroxylation is 2. The van der Waals surface area contributed by atoms with Crippen molar-refractivity contribution in [3.8, 4) is 17.0 Å². The largest absolute Gasteiger partial charge is 0.497 e. The number of benzene rings is 2. The molecule has 0 bridgehead atoms. The van der Waals surface area contributed by atoms with Crippen LogP contribution in [0, 0.1) is 12.7 Å². The van der Waals surface area contributed by atoms with Crippen molar-refractivity contribution in [2.24, 2.45) is 7.05 Å². The summed E-state index contributed by atoms with van der Waals surface area (Å²) in [6.45, 7) is 3.46. The molecule has 5 rings (SSSR count). The number of nitrogens with zero attached hydrogens (tertiary/aromatic N) is 5. The molecule has 0 radical (unpaired) electrons. The van der Waals surface area contributed by atoms with Crippen LogP contribution in [0.4, 0.5) is 10.2 Å². The summed E-state index contributed by atoms with van der Waals surface area (Å²) in [5.74, 6) is 0.233. The van der Waals surface area contributed by atoms with Crippen molar-refractivity contribution in [2.45, 2.75) is 25.8 Å². The van der Waals surface area contributed by atoms with E-state index in [4.69, 9.17) is 4.74 Å². The van der Waals surface area contributed by atoms with E-state index < -0.39 is 11.7 Å². The Hall–Kier alpha value is -3.85. The van der Waals surface area contributed by atoms with Crippen LogP contribution >= 0.6 is 0 Å². The van der Waals surface area contributed by atoms with Crippen LogP contribution in [0.3, 0.4) is 0 Å². The van der Waals surface area contributed by atoms with Crippen molar-refractivity contribution < 1.29 is 13.9 Å². The molecule has 0 unspecified atom stereocenters. The lowest BCUT2D eigenvalue weighted by molar-refractivity contribution is 0.0968. The maximum Gasteiger partial charge on any atom is 0.262 e. The molecule has 3 heterocycles. The van der Waals surface area contributed by atoms with Gasteiger partial charge in [0.25, 0.3) is 5.91 Å². The Labute approximate surface area is 202 Å². The van der Waals surface area contributed by atoms with Crippen LogP contribution in [0.2, 0.25) is 0 Å². The zero-order valence-electron chi connectivity index (χ0n) is 20.0. The number of carbonyl (C=O) groups excluding carboxylic acids is 1. The van der Waals surface area contributed by atoms with Crippen molar-refractivity contribution >= 4 is 22.5 Å². The predicted octanol–water partition coefficient (Wildman–Crippen LogP) is 3.89. The third-order valence-electron chi connectivity index (χ3n) is 6.43. The molecular weight excluding hydrogens is 447 g/mol. The van der Waals surface area contributed by atoms with Crippen molar-refractivity contribution in [3.63, 3.8) is 0 Å². The number of anilines is 1. The fourth-order valence-corrected chi connectivity index (χ4v) is 4.72. The van der Waals surface area contributed by atoms with Gasteiger partial charge in [0, 0.05) is 30.7 Å². The highest BCUT2D eigenvalue weighted by Gasteiger charge is 2.32. The van der Waals surface area contributed by atoms with Gasteiger partial charge in [0.1, 0.15) is 23.1 Å². The summed E-state index contributed by atoms with van der Waals surface area (Å²) in [4.78, 5) is 20.3. The quantitative estimate of drug-likeness (QED) is 0.473. The van der Waals surface area contributed by atoms with Crippen molar-refractivity contribution in [3.05, 3.63) is 65.7 Å². The number of piperidine rings is 1. The van der Waals surface area contributed by atoms with Gasteiger partial charge in [-0.1, -0.05) is 11.3 Å². The molecule has 1 N–H and O–H groups in total. The zero-order valence-corrected chi connectivity index (χ0v) is 20.0. The van der Waals surface area contributed by atoms with E-state index >= 15 is 4.39 Å². The molecule has 1 saturated heterocycles. The van der Waals surface area contributed by atoms with E-state index in [1.807, 2.05) is 25.1 Å². The fourth-order valence-electron chi connectivity index (χ4n) is 4.72. The SMILES string of the molecule is COc1cc(C)c2c(N(C(=O)c3ccc(-c4cn(C)nn4)cc3F)[C@@H]3CCCNC3)nccc2c1. The summed E-state index contributed by atoms with van der Waals surface area (Å²) in [6.07, 6.45) is 5.10. The molecule has 1 aliphatic rings. The summed E-state index contributed by atoms with van der Waals surface area (Å²) < 4.78 is 22.4. The van der Waals surface area contributed by atoms with Crippen LogP contribution in [0.15, 0.2) is 48.8 Å². The zero-order chi connectivity index (χ0) is 24.5. The van der Waals surface area contributed by atoms with E-state index in [-0.39, 0.29) is 11.6 Å². The van der Waals surface area contributed by atoms with Crippen molar-refractivity contribution in [1.82, 2.24) is 25.3 Å². The van der Waals surface area contributed by atoms with Crippen LogP contribution in [0.1, 0.15) is 28.8 Å². The normalized spacial score (nSPS) is 15.8. The summed E-state index contributed by atoms with van der Waals surface area (Å²) in [6, 6.07) is 10.1. The third-order valence-corrected chi connectivity index (χ3v) is 6.43. The molecule has 0 saturated carbocycles. The van der Waals surface area contributed by atoms with Crippen LogP contribution in [-0.2, 0) is 7.05 Å². The summed E-state index contributed by atoms with van der Waals surface area (Å²) in [5, 5.41) is 13.1. The molecule has 4 aromatic rings. The molecule has 1 fully saturated rings. The van der Waals surface area contributed by atoms with Gasteiger partial charge in [0.05, 0.1) is 24.9 Å². The molecule has 2 aromatic carbocycles. The summed E-state index contributed by atoms with van der Waals surface area (Å²) in [7, 11) is 3.37. The van der Waals surface area contributed by atoms with Crippen LogP contribution in [0.25, 0.3) is 22.0 Å². The smallest absolute Gasteiger partial charge is 0.262 e. The number of aromatic nitrogens is 4. The molecule has 1 amide bonds. The maximum atomic E-state index is 15.4. The van der Waals surface area contributed by atoms with Gasteiger partial charge in [-0.05, 0) is 67.6 Å². The first kappa shape index (κ1) is 22.9. The Kier molecular flexibility index (Phi) is 6.17. The Morgan fingerprint density at radius 1 is 1.26 bits per heavy atom. The second kappa shape index (κ2) is 9.42. The summed E-state index contributed by atoms with van der Waals surface area (Å²) in [5.41, 5.74) is 2.03. The number of pyridine rings is 1. The molecule has 1 aliphatic heterocycles. The second-order valence-electron chi connectivity index (χ2n) is 8.82. The number of ether oxygens (including phenoxy) is 1. The molecular formula is C26H27FN6O2. The number of carbonyl (C=O) groups is 1. The lowest BCUT2D eigenvalue weighted by atomic mass is 10.0. The third kappa shape index (κ3) is 4.35. The maximum absolute atomic E-state index is 15.4. The molecule has 2 aromatic heterocycles. The minimum absolute atomic E-state index is 0.00631. The average Bonchev–Trinajstić information content (AvgIpc) is 3.30. The Balaban J connectivity index is 1.61. The van der Waals surface area contributed by atoms with Crippen LogP contribution in [-0.4, -0.2) is 52.1 Å². The van der Waals surface area contributed by atoms with Crippen molar-refractivity contribution in [2.75, 3.05) is 25.1 Å². The van der Waals surface area contributed by atoms with E-state index in [0.29, 0.717) is 23.6 Å². The molecule has 9 heteroatoms. The molecule has 35 heavy (non-hydrogen) atoms. The second-order valence-corrected chi connectivity index (χ2v) is 8.82. The molecule has 180 valence electrons. The van der Waals surface area contributed by atoms with Crippen LogP contribution < -0.4 is 15.0 Å². The first-order valence-electron chi connectivity index (χ1n) is 11.6. The minimum Gasteiger partial charge on any atom is -0.497 e. The highest BCUT2D eigenvalue weighted by Crippen LogP contribution is 2.34. The minimum atomic E-state index is -0.606. The number of methoxy groups -OCH3 is 1. The summed E-state index contributed by atoms with van der Waals surface area (Å²) >= 11 is 0. The number of halogens is 1. The predicted molar refractivity (Wildman–Crippen MR) is 132 cm³/mol. The van der Waals surface area contributed by atoms with E-state index in [0.717, 1.165) is 41.5 Å². The molecule has 0 aliphatic carbocycles. The molecule has 0 spiro atoms. The van der Waals surface area contributed by atoms with E-state index in [2.05, 4.69) is 20.6 Å². The van der Waals surface area contributed by atoms with Gasteiger partial charge >= 0.3 is 0 Å². The van der Waals surface area contributed by atoms with E-state index in [1.54, 1.807) is 42.2 Å². The Morgan fingerprint density at radius 2 is 2.11 bits per heavy atom. The van der Waals surface area contributed by atoms with E-state index in [9.17, 15) is 4.79 Å². The molecule has 8 nitrogen and oxygen atoms in total. The number of hydrogen-bond donors (Lipinski definition) is 1. The highest BCUT2D eigenvalue weighted by atomic mass is 19.1. The first-order chi connectivity index (χ1) is 17.0. The topological polar surface area (TPSA) is 85.2 Å². The molecule has 1 atom stereocenters.